The molecule has 0 spiro atoms. The van der Waals surface area contributed by atoms with E-state index < -0.39 is 40.1 Å². The molecular formula is C12H8F3N3O3. The van der Waals surface area contributed by atoms with Gasteiger partial charge >= 0.3 is 11.9 Å². The van der Waals surface area contributed by atoms with E-state index >= 15 is 0 Å². The van der Waals surface area contributed by atoms with Crippen LogP contribution in [0.5, 0.6) is 5.88 Å². The van der Waals surface area contributed by atoms with Crippen molar-refractivity contribution < 1.29 is 18.3 Å². The Kier molecular flexibility index (Phi) is 3.66. The molecule has 9 heteroatoms. The average molecular weight is 299 g/mol. The number of halogens is 3. The molecule has 1 aromatic heterocycles. The lowest BCUT2D eigenvalue weighted by molar-refractivity contribution is -0.137. The minimum Gasteiger partial charge on any atom is -0.494 e. The quantitative estimate of drug-likeness (QED) is 0.733. The third-order valence-electron chi connectivity index (χ3n) is 2.50. The number of H-pyrrole nitrogens is 2. The number of hydrogen-bond donors (Lipinski definition) is 3. The van der Waals surface area contributed by atoms with E-state index in [0.717, 1.165) is 18.3 Å². The van der Waals surface area contributed by atoms with Crippen molar-refractivity contribution in [1.82, 2.24) is 9.97 Å². The van der Waals surface area contributed by atoms with Crippen LogP contribution in [-0.4, -0.2) is 21.3 Å². The molecule has 6 nitrogen and oxygen atoms in total. The molecule has 0 aliphatic rings. The van der Waals surface area contributed by atoms with Crippen LogP contribution in [0.4, 0.5) is 18.9 Å². The maximum atomic E-state index is 12.7. The van der Waals surface area contributed by atoms with Gasteiger partial charge in [-0.1, -0.05) is 12.1 Å². The SMILES string of the molecule is O=c1[nH]c(O)c(C=Nc2ccccc2C(F)(F)F)c(=O)[nH]1. The van der Waals surface area contributed by atoms with Crippen molar-refractivity contribution >= 4 is 11.9 Å². The van der Waals surface area contributed by atoms with Crippen molar-refractivity contribution in [1.29, 1.82) is 0 Å². The van der Waals surface area contributed by atoms with Crippen LogP contribution in [0.15, 0.2) is 38.8 Å². The molecule has 3 N–H and O–H groups in total. The topological polar surface area (TPSA) is 98.3 Å². The second kappa shape index (κ2) is 5.27. The van der Waals surface area contributed by atoms with Gasteiger partial charge in [0.15, 0.2) is 0 Å². The van der Waals surface area contributed by atoms with Gasteiger partial charge in [-0.3, -0.25) is 19.8 Å². The first kappa shape index (κ1) is 14.6. The van der Waals surface area contributed by atoms with Crippen molar-refractivity contribution in [2.75, 3.05) is 0 Å². The maximum absolute atomic E-state index is 12.7. The van der Waals surface area contributed by atoms with Crippen molar-refractivity contribution in [3.05, 3.63) is 56.2 Å². The summed E-state index contributed by atoms with van der Waals surface area (Å²) in [6, 6.07) is 4.49. The first-order valence-corrected chi connectivity index (χ1v) is 5.55. The van der Waals surface area contributed by atoms with Crippen LogP contribution < -0.4 is 11.2 Å². The Morgan fingerprint density at radius 3 is 2.43 bits per heavy atom. The Morgan fingerprint density at radius 1 is 1.14 bits per heavy atom. The van der Waals surface area contributed by atoms with Gasteiger partial charge in [0.05, 0.1) is 11.3 Å². The molecule has 0 atom stereocenters. The molecule has 0 saturated heterocycles. The fourth-order valence-corrected chi connectivity index (χ4v) is 1.56. The van der Waals surface area contributed by atoms with Gasteiger partial charge < -0.3 is 5.11 Å². The molecule has 21 heavy (non-hydrogen) atoms. The van der Waals surface area contributed by atoms with Gasteiger partial charge in [0.25, 0.3) is 5.56 Å². The van der Waals surface area contributed by atoms with Gasteiger partial charge in [-0.25, -0.2) is 4.79 Å². The number of aromatic nitrogens is 2. The number of nitrogens with zero attached hydrogens (tertiary/aromatic N) is 1. The number of aliphatic imine (C=N–C) groups is 1. The van der Waals surface area contributed by atoms with Crippen LogP contribution in [0, 0.1) is 0 Å². The smallest absolute Gasteiger partial charge is 0.418 e. The van der Waals surface area contributed by atoms with E-state index in [1.165, 1.54) is 12.1 Å². The molecule has 1 aromatic carbocycles. The van der Waals surface area contributed by atoms with Crippen molar-refractivity contribution in [3.8, 4) is 5.88 Å². The van der Waals surface area contributed by atoms with Crippen molar-refractivity contribution in [3.63, 3.8) is 0 Å². The minimum absolute atomic E-state index is 0.421. The second-order valence-corrected chi connectivity index (χ2v) is 3.94. The Bertz CT molecular complexity index is 806. The van der Waals surface area contributed by atoms with Gasteiger partial charge in [-0.15, -0.1) is 0 Å². The zero-order valence-corrected chi connectivity index (χ0v) is 10.2. The zero-order chi connectivity index (χ0) is 15.6. The van der Waals surface area contributed by atoms with Gasteiger partial charge in [-0.2, -0.15) is 13.2 Å². The lowest BCUT2D eigenvalue weighted by Gasteiger charge is -2.08. The number of hydrogen-bond acceptors (Lipinski definition) is 4. The van der Waals surface area contributed by atoms with E-state index in [-0.39, 0.29) is 0 Å². The Labute approximate surface area is 114 Å². The summed E-state index contributed by atoms with van der Waals surface area (Å²) in [4.78, 5) is 29.5. The van der Waals surface area contributed by atoms with Crippen molar-refractivity contribution in [2.24, 2.45) is 4.99 Å². The zero-order valence-electron chi connectivity index (χ0n) is 10.2. The highest BCUT2D eigenvalue weighted by atomic mass is 19.4. The molecule has 0 radical (unpaired) electrons. The highest BCUT2D eigenvalue weighted by Crippen LogP contribution is 2.35. The highest BCUT2D eigenvalue weighted by Gasteiger charge is 2.33. The predicted molar refractivity (Wildman–Crippen MR) is 68.0 cm³/mol. The third-order valence-corrected chi connectivity index (χ3v) is 2.50. The standard InChI is InChI=1S/C12H8F3N3O3/c13-12(14,15)7-3-1-2-4-8(7)16-5-6-9(19)17-11(21)18-10(6)20/h1-5H,(H3,17,18,19,20,21). The highest BCUT2D eigenvalue weighted by molar-refractivity contribution is 5.84. The lowest BCUT2D eigenvalue weighted by Crippen LogP contribution is -2.24. The average Bonchev–Trinajstić information content (AvgIpc) is 2.36. The summed E-state index contributed by atoms with van der Waals surface area (Å²) in [6.07, 6.45) is -3.86. The van der Waals surface area contributed by atoms with E-state index in [4.69, 9.17) is 0 Å². The van der Waals surface area contributed by atoms with Gasteiger partial charge in [0, 0.05) is 6.21 Å². The fourth-order valence-electron chi connectivity index (χ4n) is 1.56. The number of aromatic amines is 2. The molecule has 1 heterocycles. The summed E-state index contributed by atoms with van der Waals surface area (Å²) in [6.45, 7) is 0. The Morgan fingerprint density at radius 2 is 1.81 bits per heavy atom. The number of rotatable bonds is 2. The second-order valence-electron chi connectivity index (χ2n) is 3.94. The van der Waals surface area contributed by atoms with Crippen LogP contribution in [0.2, 0.25) is 0 Å². The molecule has 0 aliphatic carbocycles. The molecule has 0 saturated carbocycles. The summed E-state index contributed by atoms with van der Waals surface area (Å²) >= 11 is 0. The molecule has 2 rings (SSSR count). The summed E-state index contributed by atoms with van der Waals surface area (Å²) in [5.41, 5.74) is -3.77. The number of nitrogens with one attached hydrogen (secondary N) is 2. The van der Waals surface area contributed by atoms with Crippen LogP contribution in [0.1, 0.15) is 11.1 Å². The van der Waals surface area contributed by atoms with E-state index in [1.807, 2.05) is 9.97 Å². The summed E-state index contributed by atoms with van der Waals surface area (Å²) in [5.74, 6) is -0.781. The lowest BCUT2D eigenvalue weighted by atomic mass is 10.2. The summed E-state index contributed by atoms with van der Waals surface area (Å²) < 4.78 is 38.2. The number of aromatic hydroxyl groups is 1. The van der Waals surface area contributed by atoms with Crippen LogP contribution >= 0.6 is 0 Å². The Hall–Kier alpha value is -2.84. The van der Waals surface area contributed by atoms with Gasteiger partial charge in [0.1, 0.15) is 5.56 Å². The third kappa shape index (κ3) is 3.19. The molecule has 0 amide bonds. The maximum Gasteiger partial charge on any atom is 0.418 e. The summed E-state index contributed by atoms with van der Waals surface area (Å²) in [7, 11) is 0. The normalized spacial score (nSPS) is 12.0. The number of alkyl halides is 3. The monoisotopic (exact) mass is 299 g/mol. The fraction of sp³-hybridized carbons (Fsp3) is 0.0833. The van der Waals surface area contributed by atoms with Gasteiger partial charge in [0.2, 0.25) is 5.88 Å². The van der Waals surface area contributed by atoms with E-state index in [9.17, 15) is 27.9 Å². The molecule has 0 fully saturated rings. The summed E-state index contributed by atoms with van der Waals surface area (Å²) in [5, 5.41) is 9.39. The molecule has 0 bridgehead atoms. The minimum atomic E-state index is -4.60. The molecule has 2 aromatic rings. The largest absolute Gasteiger partial charge is 0.494 e. The number of para-hydroxylation sites is 1. The van der Waals surface area contributed by atoms with Crippen molar-refractivity contribution in [2.45, 2.75) is 6.18 Å². The predicted octanol–water partition coefficient (Wildman–Crippen LogP) is 1.54. The first-order chi connectivity index (χ1) is 9.79. The first-order valence-electron chi connectivity index (χ1n) is 5.55. The van der Waals surface area contributed by atoms with Crippen LogP contribution in [0.25, 0.3) is 0 Å². The number of benzene rings is 1. The Balaban J connectivity index is 2.49. The van der Waals surface area contributed by atoms with E-state index in [0.29, 0.717) is 0 Å². The van der Waals surface area contributed by atoms with Crippen LogP contribution in [0.3, 0.4) is 0 Å². The molecule has 0 aliphatic heterocycles. The van der Waals surface area contributed by atoms with E-state index in [2.05, 4.69) is 4.99 Å². The van der Waals surface area contributed by atoms with E-state index in [1.54, 1.807) is 0 Å². The van der Waals surface area contributed by atoms with Crippen LogP contribution in [-0.2, 0) is 6.18 Å². The molecule has 0 unspecified atom stereocenters. The van der Waals surface area contributed by atoms with Gasteiger partial charge in [-0.05, 0) is 12.1 Å². The molecule has 110 valence electrons. The molecular weight excluding hydrogens is 291 g/mol.